The number of hydrogen-bond donors (Lipinski definition) is 1. The minimum absolute atomic E-state index is 0.964. The van der Waals surface area contributed by atoms with Gasteiger partial charge in [0.15, 0.2) is 0 Å². The maximum atomic E-state index is 10.0. The van der Waals surface area contributed by atoms with Crippen LogP contribution in [0.1, 0.15) is 0 Å². The maximum absolute atomic E-state index is 10.0. The lowest BCUT2D eigenvalue weighted by Crippen LogP contribution is -1.84. The highest BCUT2D eigenvalue weighted by molar-refractivity contribution is 7.47. The van der Waals surface area contributed by atoms with E-state index in [-0.39, 0.29) is 0 Å². The van der Waals surface area contributed by atoms with E-state index < -0.39 is 14.0 Å². The molecule has 0 aliphatic heterocycles. The number of carboxylic acid groups (broad SMARTS) is 1. The van der Waals surface area contributed by atoms with Crippen molar-refractivity contribution >= 4 is 19.8 Å². The van der Waals surface area contributed by atoms with Crippen LogP contribution in [-0.4, -0.2) is 31.1 Å². The molecule has 0 saturated heterocycles. The number of hydrogen-bond acceptors (Lipinski definition) is 3. The predicted octanol–water partition coefficient (Wildman–Crippen LogP) is 1.32. The Hall–Kier alpha value is -0.830. The molecular formula is C8H13O4P. The number of carbonyl (C=O) groups is 1. The molecule has 0 aliphatic rings. The molecule has 74 valence electrons. The van der Waals surface area contributed by atoms with E-state index in [4.69, 9.17) is 14.2 Å². The molecule has 5 heteroatoms. The summed E-state index contributed by atoms with van der Waals surface area (Å²) < 4.78 is 9.92. The zero-order chi connectivity index (χ0) is 10.1. The quantitative estimate of drug-likeness (QED) is 0.417. The van der Waals surface area contributed by atoms with Crippen molar-refractivity contribution in [3.63, 3.8) is 0 Å². The zero-order valence-electron chi connectivity index (χ0n) is 7.56. The topological polar surface area (TPSA) is 55.8 Å². The highest BCUT2D eigenvalue weighted by Crippen LogP contribution is 2.21. The molecule has 0 saturated carbocycles. The first-order valence-electron chi connectivity index (χ1n) is 3.56. The third-order valence-electron chi connectivity index (χ3n) is 1.10. The second kappa shape index (κ2) is 7.80. The maximum Gasteiger partial charge on any atom is 0.328 e. The van der Waals surface area contributed by atoms with Crippen LogP contribution in [0.15, 0.2) is 24.3 Å². The van der Waals surface area contributed by atoms with Crippen LogP contribution in [-0.2, 0) is 13.8 Å². The normalized spacial score (nSPS) is 11.6. The highest BCUT2D eigenvalue weighted by Gasteiger charge is 1.83. The SMILES string of the molecule is CO[PH](=C/C=C/C=C/C(=O)O)OC. The first-order chi connectivity index (χ1) is 6.20. The van der Waals surface area contributed by atoms with Gasteiger partial charge in [-0.1, -0.05) is 18.2 Å². The van der Waals surface area contributed by atoms with Gasteiger partial charge in [0.25, 0.3) is 0 Å². The molecule has 0 heterocycles. The second-order valence-corrected chi connectivity index (χ2v) is 3.76. The van der Waals surface area contributed by atoms with Crippen molar-refractivity contribution < 1.29 is 18.9 Å². The molecule has 0 bridgehead atoms. The largest absolute Gasteiger partial charge is 0.478 e. The van der Waals surface area contributed by atoms with Gasteiger partial charge in [-0.15, -0.1) is 0 Å². The highest BCUT2D eigenvalue weighted by atomic mass is 31.1. The molecule has 0 spiro atoms. The lowest BCUT2D eigenvalue weighted by atomic mass is 10.4. The van der Waals surface area contributed by atoms with Gasteiger partial charge in [0, 0.05) is 20.3 Å². The summed E-state index contributed by atoms with van der Waals surface area (Å²) in [7, 11) is 1.81. The van der Waals surface area contributed by atoms with E-state index in [1.807, 2.05) is 0 Å². The fourth-order valence-corrected chi connectivity index (χ4v) is 1.26. The molecule has 0 aromatic rings. The molecule has 0 atom stereocenters. The van der Waals surface area contributed by atoms with Crippen LogP contribution in [0.25, 0.3) is 0 Å². The summed E-state index contributed by atoms with van der Waals surface area (Å²) in [6, 6.07) is 0. The lowest BCUT2D eigenvalue weighted by molar-refractivity contribution is -0.131. The van der Waals surface area contributed by atoms with Gasteiger partial charge in [-0.2, -0.15) is 0 Å². The van der Waals surface area contributed by atoms with E-state index in [2.05, 4.69) is 0 Å². The third kappa shape index (κ3) is 7.53. The van der Waals surface area contributed by atoms with Gasteiger partial charge in [0.05, 0.1) is 0 Å². The predicted molar refractivity (Wildman–Crippen MR) is 54.3 cm³/mol. The minimum Gasteiger partial charge on any atom is -0.478 e. The molecule has 0 aliphatic carbocycles. The van der Waals surface area contributed by atoms with Crippen molar-refractivity contribution in [2.75, 3.05) is 14.2 Å². The third-order valence-corrected chi connectivity index (χ3v) is 2.37. The molecule has 0 fully saturated rings. The molecule has 1 N–H and O–H groups in total. The van der Waals surface area contributed by atoms with Gasteiger partial charge in [0.1, 0.15) is 8.00 Å². The minimum atomic E-state index is -1.32. The average Bonchev–Trinajstić information content (AvgIpc) is 2.11. The van der Waals surface area contributed by atoms with Crippen molar-refractivity contribution in [3.05, 3.63) is 24.3 Å². The van der Waals surface area contributed by atoms with Crippen molar-refractivity contribution in [2.45, 2.75) is 0 Å². The summed E-state index contributed by atoms with van der Waals surface area (Å²) in [6.45, 7) is 0. The summed E-state index contributed by atoms with van der Waals surface area (Å²) in [4.78, 5) is 10.0. The molecule has 0 amide bonds. The summed E-state index contributed by atoms with van der Waals surface area (Å²) in [5, 5.41) is 8.24. The Morgan fingerprint density at radius 2 is 1.85 bits per heavy atom. The van der Waals surface area contributed by atoms with E-state index in [0.29, 0.717) is 0 Å². The molecule has 4 nitrogen and oxygen atoms in total. The van der Waals surface area contributed by atoms with E-state index in [9.17, 15) is 4.79 Å². The Labute approximate surface area is 78.0 Å². The van der Waals surface area contributed by atoms with Gasteiger partial charge >= 0.3 is 5.97 Å². The average molecular weight is 204 g/mol. The first-order valence-corrected chi connectivity index (χ1v) is 4.96. The molecule has 0 rings (SSSR count). The van der Waals surface area contributed by atoms with E-state index in [0.717, 1.165) is 6.08 Å². The fraction of sp³-hybridized carbons (Fsp3) is 0.250. The Kier molecular flexibility index (Phi) is 7.30. The monoisotopic (exact) mass is 204 g/mol. The summed E-state index contributed by atoms with van der Waals surface area (Å²) in [6.07, 6.45) is 5.79. The Morgan fingerprint density at radius 1 is 1.23 bits per heavy atom. The van der Waals surface area contributed by atoms with Crippen LogP contribution in [0.3, 0.4) is 0 Å². The molecule has 0 unspecified atom stereocenters. The second-order valence-electron chi connectivity index (χ2n) is 1.98. The number of carboxylic acids is 1. The number of allylic oxidation sites excluding steroid dienone is 3. The van der Waals surface area contributed by atoms with Crippen LogP contribution in [0.4, 0.5) is 0 Å². The van der Waals surface area contributed by atoms with Gasteiger partial charge in [-0.3, -0.25) is 0 Å². The Bertz CT molecular complexity index is 237. The van der Waals surface area contributed by atoms with Gasteiger partial charge in [-0.25, -0.2) is 4.79 Å². The number of rotatable bonds is 5. The molecule has 0 aromatic heterocycles. The molecule has 0 radical (unpaired) electrons. The van der Waals surface area contributed by atoms with E-state index in [1.54, 1.807) is 32.2 Å². The van der Waals surface area contributed by atoms with Crippen molar-refractivity contribution in [1.82, 2.24) is 0 Å². The van der Waals surface area contributed by atoms with E-state index >= 15 is 0 Å². The van der Waals surface area contributed by atoms with Crippen LogP contribution in [0, 0.1) is 0 Å². The summed E-state index contributed by atoms with van der Waals surface area (Å²) >= 11 is 0. The molecule has 13 heavy (non-hydrogen) atoms. The van der Waals surface area contributed by atoms with Crippen LogP contribution < -0.4 is 0 Å². The summed E-state index contributed by atoms with van der Waals surface area (Å²) in [5.74, 6) is 0.797. The van der Waals surface area contributed by atoms with Crippen molar-refractivity contribution in [1.29, 1.82) is 0 Å². The summed E-state index contributed by atoms with van der Waals surface area (Å²) in [5.41, 5.74) is 0. The van der Waals surface area contributed by atoms with Crippen LogP contribution >= 0.6 is 8.00 Å². The standard InChI is InChI=1S/C8H13O4P/c1-11-13(12-2)7-5-3-4-6-8(9)10/h3-7,13H,1-2H3,(H,9,10)/b5-3+,6-4+. The molecule has 0 aromatic carbocycles. The van der Waals surface area contributed by atoms with Gasteiger partial charge in [0.2, 0.25) is 0 Å². The first kappa shape index (κ1) is 12.2. The van der Waals surface area contributed by atoms with Crippen LogP contribution in [0.5, 0.6) is 0 Å². The zero-order valence-corrected chi connectivity index (χ0v) is 8.56. The number of aliphatic carboxylic acids is 1. The van der Waals surface area contributed by atoms with Crippen molar-refractivity contribution in [2.24, 2.45) is 0 Å². The fourth-order valence-electron chi connectivity index (χ4n) is 0.556. The van der Waals surface area contributed by atoms with Gasteiger partial charge in [-0.05, 0) is 5.80 Å². The Balaban J connectivity index is 3.98. The van der Waals surface area contributed by atoms with Gasteiger partial charge < -0.3 is 14.2 Å². The molecular weight excluding hydrogens is 191 g/mol. The Morgan fingerprint density at radius 3 is 2.31 bits per heavy atom. The van der Waals surface area contributed by atoms with Crippen LogP contribution in [0.2, 0.25) is 0 Å². The smallest absolute Gasteiger partial charge is 0.328 e. The van der Waals surface area contributed by atoms with Crippen molar-refractivity contribution in [3.8, 4) is 0 Å². The lowest BCUT2D eigenvalue weighted by Gasteiger charge is -1.99. The van der Waals surface area contributed by atoms with E-state index in [1.165, 1.54) is 6.08 Å².